The first kappa shape index (κ1) is 39.7. The number of aromatic nitrogens is 4. The number of thiophene rings is 2. The van der Waals surface area contributed by atoms with Crippen molar-refractivity contribution >= 4 is 122 Å². The van der Waals surface area contributed by atoms with Crippen LogP contribution in [0.1, 0.15) is 103 Å². The minimum atomic E-state index is -0.111. The second-order valence-corrected chi connectivity index (χ2v) is 25.0. The molecular weight excluding hydrogens is 874 g/mol. The van der Waals surface area contributed by atoms with Crippen LogP contribution in [0.5, 0.6) is 23.3 Å². The molecule has 4 aliphatic heterocycles. The number of rotatable bonds is 2. The summed E-state index contributed by atoms with van der Waals surface area (Å²) in [6.07, 6.45) is 4.65. The summed E-state index contributed by atoms with van der Waals surface area (Å²) in [6, 6.07) is 36.6. The Kier molecular flexibility index (Phi) is 7.53. The number of benzene rings is 5. The van der Waals surface area contributed by atoms with Crippen molar-refractivity contribution in [1.82, 2.24) is 20.4 Å². The minimum absolute atomic E-state index is 0.0563. The molecule has 2 N–H and O–H groups in total. The number of fused-ring (bicyclic) bond motifs is 14. The second kappa shape index (κ2) is 12.9. The van der Waals surface area contributed by atoms with Crippen LogP contribution in [0.2, 0.25) is 0 Å². The summed E-state index contributed by atoms with van der Waals surface area (Å²) in [5, 5.41) is 19.6. The Morgan fingerprint density at radius 2 is 0.912 bits per heavy atom. The second-order valence-electron chi connectivity index (χ2n) is 22.9. The smallest absolute Gasteiger partial charge is 0.273 e. The van der Waals surface area contributed by atoms with E-state index >= 15 is 0 Å². The number of hydrogen-bond acceptors (Lipinski definition) is 8. The van der Waals surface area contributed by atoms with E-state index in [0.717, 1.165) is 69.2 Å². The molecule has 9 aromatic rings. The van der Waals surface area contributed by atoms with Crippen LogP contribution in [0.3, 0.4) is 0 Å². The van der Waals surface area contributed by atoms with Gasteiger partial charge < -0.3 is 9.47 Å². The molecule has 334 valence electrons. The van der Waals surface area contributed by atoms with Crippen molar-refractivity contribution in [3.05, 3.63) is 119 Å². The molecule has 15 rings (SSSR count). The molecule has 0 saturated carbocycles. The Balaban J connectivity index is 0.923. The molecule has 0 bridgehead atoms. The molecule has 0 fully saturated rings. The van der Waals surface area contributed by atoms with Crippen LogP contribution < -0.4 is 50.7 Å². The van der Waals surface area contributed by atoms with Crippen molar-refractivity contribution in [3.63, 3.8) is 0 Å². The van der Waals surface area contributed by atoms with E-state index < -0.39 is 0 Å². The van der Waals surface area contributed by atoms with Crippen LogP contribution in [0.25, 0.3) is 20.2 Å². The van der Waals surface area contributed by atoms with E-state index in [-0.39, 0.29) is 35.1 Å². The molecular formula is C56H50B2N6O2S2. The molecule has 2 aliphatic carbocycles. The predicted molar refractivity (Wildman–Crippen MR) is 284 cm³/mol. The Bertz CT molecular complexity index is 3490. The molecule has 8 heterocycles. The van der Waals surface area contributed by atoms with Gasteiger partial charge in [0.05, 0.1) is 11.4 Å². The molecule has 5 aromatic carbocycles. The number of nitrogens with zero attached hydrogens (tertiary/aromatic N) is 4. The summed E-state index contributed by atoms with van der Waals surface area (Å²) in [4.78, 5) is 4.83. The van der Waals surface area contributed by atoms with Crippen molar-refractivity contribution in [2.24, 2.45) is 0 Å². The zero-order valence-corrected chi connectivity index (χ0v) is 41.3. The van der Waals surface area contributed by atoms with Gasteiger partial charge >= 0.3 is 0 Å². The van der Waals surface area contributed by atoms with Gasteiger partial charge in [0, 0.05) is 58.1 Å². The molecule has 0 amide bonds. The van der Waals surface area contributed by atoms with E-state index in [1.807, 2.05) is 22.7 Å². The first-order chi connectivity index (χ1) is 32.7. The van der Waals surface area contributed by atoms with E-state index in [4.69, 9.17) is 19.7 Å². The average Bonchev–Trinajstić information content (AvgIpc) is 4.13. The fraction of sp³-hybridized carbons (Fsp3) is 0.286. The lowest BCUT2D eigenvalue weighted by molar-refractivity contribution is 0.332. The lowest BCUT2D eigenvalue weighted by Gasteiger charge is -2.43. The molecule has 0 atom stereocenters. The Labute approximate surface area is 404 Å². The summed E-state index contributed by atoms with van der Waals surface area (Å²) in [6.45, 7) is 19.0. The minimum Gasteiger partial charge on any atom is -0.440 e. The van der Waals surface area contributed by atoms with Gasteiger partial charge in [-0.2, -0.15) is 10.2 Å². The predicted octanol–water partition coefficient (Wildman–Crippen LogP) is 11.1. The highest BCUT2D eigenvalue weighted by Crippen LogP contribution is 2.53. The van der Waals surface area contributed by atoms with Gasteiger partial charge in [0.1, 0.15) is 11.5 Å². The average molecular weight is 925 g/mol. The number of aromatic amines is 2. The number of ether oxygens (including phenoxy) is 2. The summed E-state index contributed by atoms with van der Waals surface area (Å²) < 4.78 is 19.0. The molecule has 8 nitrogen and oxygen atoms in total. The van der Waals surface area contributed by atoms with Gasteiger partial charge in [-0.3, -0.25) is 9.80 Å². The van der Waals surface area contributed by atoms with Gasteiger partial charge in [0.15, 0.2) is 11.6 Å². The summed E-state index contributed by atoms with van der Waals surface area (Å²) in [7, 11) is 0. The maximum atomic E-state index is 6.95. The van der Waals surface area contributed by atoms with Gasteiger partial charge in [0.25, 0.3) is 13.4 Å². The van der Waals surface area contributed by atoms with Gasteiger partial charge in [0.2, 0.25) is 11.8 Å². The monoisotopic (exact) mass is 924 g/mol. The van der Waals surface area contributed by atoms with Crippen LogP contribution in [0, 0.1) is 0 Å². The van der Waals surface area contributed by atoms with Crippen molar-refractivity contribution in [3.8, 4) is 23.3 Å². The SMILES string of the molecule is CC1(C)CCC(C)(C)c2cc(N3c4n[nH]c5c4B(c4cc6c(cc4O5)Oc4[nH]nc5c4B6c4sc6ccccc6c4N5c4ccc5c(c4)C(C)(C)CCC5(C)C)c4sc5ccccc5c43)ccc21. The highest BCUT2D eigenvalue weighted by molar-refractivity contribution is 7.34. The van der Waals surface area contributed by atoms with Crippen molar-refractivity contribution in [1.29, 1.82) is 0 Å². The number of H-pyrrole nitrogens is 2. The van der Waals surface area contributed by atoms with E-state index in [1.165, 1.54) is 76.2 Å². The third kappa shape index (κ3) is 5.07. The van der Waals surface area contributed by atoms with Gasteiger partial charge in [-0.15, -0.1) is 22.7 Å². The topological polar surface area (TPSA) is 82.3 Å². The lowest BCUT2D eigenvalue weighted by atomic mass is 9.34. The molecule has 0 radical (unpaired) electrons. The van der Waals surface area contributed by atoms with Gasteiger partial charge in [-0.25, -0.2) is 10.2 Å². The first-order valence-corrected chi connectivity index (χ1v) is 25.9. The normalized spacial score (nSPS) is 18.9. The van der Waals surface area contributed by atoms with Crippen LogP contribution in [0.15, 0.2) is 97.1 Å². The Morgan fingerprint density at radius 3 is 1.35 bits per heavy atom. The molecule has 0 unspecified atom stereocenters. The van der Waals surface area contributed by atoms with Crippen LogP contribution in [0.4, 0.5) is 34.4 Å². The molecule has 68 heavy (non-hydrogen) atoms. The maximum absolute atomic E-state index is 6.95. The molecule has 4 aromatic heterocycles. The highest BCUT2D eigenvalue weighted by atomic mass is 32.1. The van der Waals surface area contributed by atoms with E-state index in [0.29, 0.717) is 11.8 Å². The number of nitrogens with one attached hydrogen (secondary N) is 2. The maximum Gasteiger partial charge on any atom is 0.273 e. The standard InChI is InChI=1S/C56H50B2N6O2S2/c1-53(2)21-23-55(5,6)35-25-29(17-19-33(35)53)63-45-31-13-9-11-15-41(31)67-47(45)57-37-27-38-40(28-39(37)65-51-43(57)49(63)59-61-51)66-52-44-50(60-62-52)64(46-32-14-10-12-16-42(32)68-48(46)58(38)44)30-18-20-34-36(26-30)56(7,8)24-22-54(34,3)4/h9-20,25-28H,21-24H2,1-8H3,(H,59,61)(H,60,62). The zero-order chi connectivity index (χ0) is 46.0. The van der Waals surface area contributed by atoms with Crippen molar-refractivity contribution in [2.75, 3.05) is 9.80 Å². The van der Waals surface area contributed by atoms with Crippen LogP contribution in [-0.2, 0) is 21.7 Å². The fourth-order valence-electron chi connectivity index (χ4n) is 13.1. The third-order valence-electron chi connectivity index (χ3n) is 17.0. The highest BCUT2D eigenvalue weighted by Gasteiger charge is 2.51. The Hall–Kier alpha value is -6.23. The summed E-state index contributed by atoms with van der Waals surface area (Å²) in [5.41, 5.74) is 15.2. The quantitative estimate of drug-likeness (QED) is 0.168. The summed E-state index contributed by atoms with van der Waals surface area (Å²) >= 11 is 3.78. The van der Waals surface area contributed by atoms with Crippen LogP contribution >= 0.6 is 22.7 Å². The fourth-order valence-corrected chi connectivity index (χ4v) is 15.7. The van der Waals surface area contributed by atoms with Crippen molar-refractivity contribution in [2.45, 2.75) is 103 Å². The summed E-state index contributed by atoms with van der Waals surface area (Å²) in [5.74, 6) is 4.71. The lowest BCUT2D eigenvalue weighted by Crippen LogP contribution is -2.61. The van der Waals surface area contributed by atoms with Gasteiger partial charge in [-0.1, -0.05) is 110 Å². The zero-order valence-electron chi connectivity index (χ0n) is 39.6. The number of anilines is 6. The number of hydrogen-bond donors (Lipinski definition) is 2. The third-order valence-corrected chi connectivity index (χ3v) is 19.5. The van der Waals surface area contributed by atoms with Crippen molar-refractivity contribution < 1.29 is 9.47 Å². The molecule has 6 aliphatic rings. The molecule has 0 spiro atoms. The van der Waals surface area contributed by atoms with E-state index in [2.05, 4.69) is 172 Å². The first-order valence-electron chi connectivity index (χ1n) is 24.3. The van der Waals surface area contributed by atoms with E-state index in [1.54, 1.807) is 0 Å². The van der Waals surface area contributed by atoms with Crippen LogP contribution in [-0.4, -0.2) is 33.8 Å². The molecule has 0 saturated heterocycles. The Morgan fingerprint density at radius 1 is 0.500 bits per heavy atom. The molecule has 12 heteroatoms. The largest absolute Gasteiger partial charge is 0.440 e. The van der Waals surface area contributed by atoms with E-state index in [9.17, 15) is 0 Å². The van der Waals surface area contributed by atoms with Gasteiger partial charge in [-0.05, 0) is 117 Å².